The maximum Gasteiger partial charge on any atom is 0.466 e. The van der Waals surface area contributed by atoms with Crippen LogP contribution in [0.5, 0.6) is 0 Å². The van der Waals surface area contributed by atoms with Crippen LogP contribution in [0, 0.1) is 0 Å². The van der Waals surface area contributed by atoms with Crippen LogP contribution in [0.25, 0.3) is 0 Å². The van der Waals surface area contributed by atoms with Gasteiger partial charge in [0.05, 0.1) is 7.11 Å². The molecule has 114 valence electrons. The van der Waals surface area contributed by atoms with Crippen molar-refractivity contribution in [3.05, 3.63) is 0 Å². The zero-order valence-electron chi connectivity index (χ0n) is 10.2. The zero-order valence-corrected chi connectivity index (χ0v) is 12.0. The third kappa shape index (κ3) is 1190. The van der Waals surface area contributed by atoms with Crippen molar-refractivity contribution in [2.75, 3.05) is 7.11 Å². The van der Waals surface area contributed by atoms with E-state index in [0.717, 1.165) is 0 Å². The van der Waals surface area contributed by atoms with E-state index in [1.165, 1.54) is 20.0 Å². The van der Waals surface area contributed by atoms with Crippen LogP contribution in [0.1, 0.15) is 26.7 Å². The maximum atomic E-state index is 8.95. The van der Waals surface area contributed by atoms with Gasteiger partial charge in [0.15, 0.2) is 0 Å². The minimum Gasteiger partial charge on any atom is -0.471 e. The summed E-state index contributed by atoms with van der Waals surface area (Å²) < 4.78 is 21.6. The summed E-state index contributed by atoms with van der Waals surface area (Å²) in [6.45, 7) is 4.74. The number of carbonyl (C=O) groups is 1. The molecule has 0 unspecified atom stereocenters. The first-order valence-electron chi connectivity index (χ1n) is 4.36. The molecule has 0 saturated heterocycles. The molecule has 0 radical (unpaired) electrons. The zero-order chi connectivity index (χ0) is 15.8. The second-order valence-corrected chi connectivity index (χ2v) is 4.41. The molecule has 18 heavy (non-hydrogen) atoms. The fraction of sp³-hybridized carbons (Fsp3) is 0.833. The van der Waals surface area contributed by atoms with Crippen LogP contribution in [-0.2, 0) is 18.7 Å². The lowest BCUT2D eigenvalue weighted by Gasteiger charge is -1.82. The third-order valence-corrected chi connectivity index (χ3v) is 0.596. The van der Waals surface area contributed by atoms with Gasteiger partial charge in [0, 0.05) is 0 Å². The topological polar surface area (TPSA) is 182 Å². The fourth-order valence-electron chi connectivity index (χ4n) is 0. The van der Waals surface area contributed by atoms with E-state index in [-0.39, 0.29) is 0 Å². The molecule has 0 aliphatic heterocycles. The highest BCUT2D eigenvalue weighted by molar-refractivity contribution is 7.45. The van der Waals surface area contributed by atoms with E-state index in [2.05, 4.69) is 18.6 Å². The number of rotatable bonds is 2. The Morgan fingerprint density at radius 3 is 1.00 bits per heavy atom. The van der Waals surface area contributed by atoms with E-state index in [1.54, 1.807) is 0 Å². The fourth-order valence-corrected chi connectivity index (χ4v) is 0. The number of carbonyl (C=O) groups excluding carboxylic acids is 1. The summed E-state index contributed by atoms with van der Waals surface area (Å²) in [5.41, 5.74) is 0. The summed E-state index contributed by atoms with van der Waals surface area (Å²) in [4.78, 5) is 52.1. The minimum atomic E-state index is -4.64. The number of unbranched alkanes of at least 4 members (excludes halogenated alkanes) is 1. The van der Waals surface area contributed by atoms with Crippen LogP contribution in [-0.4, -0.2) is 42.9 Å². The summed E-state index contributed by atoms with van der Waals surface area (Å²) in [6.07, 6.45) is 2.64. The average Bonchev–Trinajstić information content (AvgIpc) is 2.12. The Labute approximate surface area is 105 Å². The van der Waals surface area contributed by atoms with Crippen LogP contribution >= 0.6 is 15.6 Å². The number of methoxy groups -OCH3 is 1. The van der Waals surface area contributed by atoms with Gasteiger partial charge in [-0.3, -0.25) is 4.79 Å². The van der Waals surface area contributed by atoms with Crippen molar-refractivity contribution >= 4 is 22.1 Å². The predicted molar refractivity (Wildman–Crippen MR) is 62.2 cm³/mol. The van der Waals surface area contributed by atoms with E-state index >= 15 is 0 Å². The van der Waals surface area contributed by atoms with Gasteiger partial charge in [-0.05, 0) is 0 Å². The number of ether oxygens (including phenoxy) is 1. The van der Waals surface area contributed by atoms with Gasteiger partial charge in [0.25, 0.3) is 6.47 Å². The molecule has 10 nitrogen and oxygen atoms in total. The summed E-state index contributed by atoms with van der Waals surface area (Å²) >= 11 is 0. The van der Waals surface area contributed by atoms with Crippen molar-refractivity contribution in [1.82, 2.24) is 0 Å². The first-order chi connectivity index (χ1) is 7.83. The molecule has 0 atom stereocenters. The Kier molecular flexibility index (Phi) is 24.4. The van der Waals surface area contributed by atoms with E-state index in [9.17, 15) is 0 Å². The van der Waals surface area contributed by atoms with Gasteiger partial charge in [0.1, 0.15) is 0 Å². The second kappa shape index (κ2) is 16.7. The molecule has 0 saturated carbocycles. The molecule has 0 fully saturated rings. The number of hydrogen-bond donors (Lipinski definition) is 6. The number of phosphoric acid groups is 2. The van der Waals surface area contributed by atoms with Gasteiger partial charge in [-0.15, -0.1) is 0 Å². The van der Waals surface area contributed by atoms with Crippen molar-refractivity contribution < 1.29 is 48.0 Å². The van der Waals surface area contributed by atoms with E-state index < -0.39 is 15.6 Å². The van der Waals surface area contributed by atoms with Crippen LogP contribution in [0.15, 0.2) is 0 Å². The number of hydrogen-bond acceptors (Lipinski definition) is 4. The van der Waals surface area contributed by atoms with Crippen molar-refractivity contribution in [1.29, 1.82) is 0 Å². The molecule has 12 heteroatoms. The monoisotopic (exact) mass is 314 g/mol. The van der Waals surface area contributed by atoms with Crippen molar-refractivity contribution in [3.8, 4) is 0 Å². The molecule has 0 aromatic carbocycles. The average molecular weight is 314 g/mol. The van der Waals surface area contributed by atoms with Gasteiger partial charge in [-0.1, -0.05) is 26.7 Å². The van der Waals surface area contributed by atoms with E-state index in [4.69, 9.17) is 43.3 Å². The lowest BCUT2D eigenvalue weighted by Crippen LogP contribution is -1.68. The van der Waals surface area contributed by atoms with Gasteiger partial charge in [-0.25, -0.2) is 9.13 Å². The Morgan fingerprint density at radius 1 is 0.889 bits per heavy atom. The molecule has 0 aromatic rings. The Hall–Kier alpha value is -0.310. The molecule has 0 heterocycles. The lowest BCUT2D eigenvalue weighted by atomic mass is 10.4. The molecule has 0 rings (SSSR count). The molecular formula is C6H20O10P2. The van der Waals surface area contributed by atoms with Gasteiger partial charge >= 0.3 is 15.6 Å². The molecule has 0 aromatic heterocycles. The Balaban J connectivity index is -0.0000000731. The summed E-state index contributed by atoms with van der Waals surface area (Å²) in [7, 11) is -7.97. The Morgan fingerprint density at radius 2 is 1.00 bits per heavy atom. The van der Waals surface area contributed by atoms with E-state index in [0.29, 0.717) is 6.47 Å². The molecular weight excluding hydrogens is 294 g/mol. The highest BCUT2D eigenvalue weighted by Crippen LogP contribution is 2.26. The normalized spacial score (nSPS) is 9.39. The predicted octanol–water partition coefficient (Wildman–Crippen LogP) is -0.262. The van der Waals surface area contributed by atoms with Crippen molar-refractivity contribution in [2.45, 2.75) is 26.7 Å². The SMILES string of the molecule is CCCC.COC=O.O=P(O)(O)O.O=P(O)(O)O. The van der Waals surface area contributed by atoms with Crippen molar-refractivity contribution in [2.24, 2.45) is 0 Å². The van der Waals surface area contributed by atoms with Gasteiger partial charge < -0.3 is 34.1 Å². The molecule has 6 N–H and O–H groups in total. The molecule has 0 aliphatic carbocycles. The molecule has 0 spiro atoms. The van der Waals surface area contributed by atoms with Crippen molar-refractivity contribution in [3.63, 3.8) is 0 Å². The smallest absolute Gasteiger partial charge is 0.466 e. The second-order valence-electron chi connectivity index (χ2n) is 2.36. The van der Waals surface area contributed by atoms with Crippen LogP contribution in [0.4, 0.5) is 0 Å². The Bertz CT molecular complexity index is 204. The molecule has 0 amide bonds. The van der Waals surface area contributed by atoms with E-state index in [1.807, 2.05) is 0 Å². The quantitative estimate of drug-likeness (QED) is 0.293. The van der Waals surface area contributed by atoms with Crippen LogP contribution < -0.4 is 0 Å². The highest BCUT2D eigenvalue weighted by Gasteiger charge is 2.00. The lowest BCUT2D eigenvalue weighted by molar-refractivity contribution is -0.126. The first-order valence-corrected chi connectivity index (χ1v) is 7.49. The summed E-state index contributed by atoms with van der Waals surface area (Å²) in [6, 6.07) is 0. The first kappa shape index (κ1) is 26.3. The highest BCUT2D eigenvalue weighted by atomic mass is 31.2. The maximum absolute atomic E-state index is 8.95. The van der Waals surface area contributed by atoms with Crippen LogP contribution in [0.3, 0.4) is 0 Å². The van der Waals surface area contributed by atoms with Gasteiger partial charge in [0.2, 0.25) is 0 Å². The van der Waals surface area contributed by atoms with Crippen LogP contribution in [0.2, 0.25) is 0 Å². The third-order valence-electron chi connectivity index (χ3n) is 0.596. The standard InChI is InChI=1S/C4H10.C2H4O2.2H3O4P/c1-3-4-2;1-4-2-3;2*1-5(2,3)4/h3-4H2,1-2H3;2H,1H3;2*(H3,1,2,3,4). The molecule has 0 aliphatic rings. The summed E-state index contributed by atoms with van der Waals surface area (Å²) in [5, 5.41) is 0. The summed E-state index contributed by atoms with van der Waals surface area (Å²) in [5.74, 6) is 0. The minimum absolute atomic E-state index is 0.375. The largest absolute Gasteiger partial charge is 0.471 e. The molecule has 0 bridgehead atoms. The van der Waals surface area contributed by atoms with Gasteiger partial charge in [-0.2, -0.15) is 0 Å².